The van der Waals surface area contributed by atoms with E-state index in [2.05, 4.69) is 27.4 Å². The zero-order chi connectivity index (χ0) is 19.5. The Balaban J connectivity index is 1.60. The molecule has 2 aliphatic rings. The quantitative estimate of drug-likeness (QED) is 0.826. The average molecular weight is 384 g/mol. The zero-order valence-corrected chi connectivity index (χ0v) is 16.0. The molecule has 0 spiro atoms. The molecule has 0 bridgehead atoms. The van der Waals surface area contributed by atoms with E-state index in [0.29, 0.717) is 24.0 Å². The number of fused-ring (bicyclic) bond motifs is 1. The molecule has 1 unspecified atom stereocenters. The van der Waals surface area contributed by atoms with Gasteiger partial charge < -0.3 is 15.5 Å². The highest BCUT2D eigenvalue weighted by Crippen LogP contribution is 2.31. The molecule has 0 saturated carbocycles. The Morgan fingerprint density at radius 2 is 2.18 bits per heavy atom. The lowest BCUT2D eigenvalue weighted by molar-refractivity contribution is 0.257. The van der Waals surface area contributed by atoms with Gasteiger partial charge in [0.05, 0.1) is 23.8 Å². The number of aromatic nitrogens is 2. The first-order valence-corrected chi connectivity index (χ1v) is 9.79. The number of piperidine rings is 1. The summed E-state index contributed by atoms with van der Waals surface area (Å²) in [6.45, 7) is 5.50. The van der Waals surface area contributed by atoms with Crippen LogP contribution in [0.3, 0.4) is 0 Å². The summed E-state index contributed by atoms with van der Waals surface area (Å²) in [6.07, 6.45) is 5.71. The summed E-state index contributed by atoms with van der Waals surface area (Å²) in [5, 5.41) is 6.08. The second kappa shape index (κ2) is 8.00. The maximum Gasteiger partial charge on any atom is 0.327 e. The molecule has 1 saturated heterocycles. The minimum atomic E-state index is -0.490. The molecular formula is C20H25FN6O. The molecule has 7 nitrogen and oxygen atoms in total. The van der Waals surface area contributed by atoms with Crippen LogP contribution in [0, 0.1) is 11.7 Å². The largest absolute Gasteiger partial charge is 0.382 e. The fraction of sp³-hybridized carbons (Fsp3) is 0.450. The van der Waals surface area contributed by atoms with E-state index in [1.54, 1.807) is 4.90 Å². The van der Waals surface area contributed by atoms with Gasteiger partial charge in [0, 0.05) is 32.2 Å². The normalized spacial score (nSPS) is 19.4. The minimum Gasteiger partial charge on any atom is -0.382 e. The second-order valence-corrected chi connectivity index (χ2v) is 7.49. The van der Waals surface area contributed by atoms with E-state index < -0.39 is 5.82 Å². The maximum atomic E-state index is 13.4. The lowest BCUT2D eigenvalue weighted by Gasteiger charge is -2.32. The maximum absolute atomic E-state index is 13.4. The Labute approximate surface area is 164 Å². The van der Waals surface area contributed by atoms with Crippen LogP contribution < -0.4 is 20.4 Å². The highest BCUT2D eigenvalue weighted by atomic mass is 19.1. The number of rotatable bonds is 2. The predicted octanol–water partition coefficient (Wildman–Crippen LogP) is 3.71. The molecule has 2 aliphatic heterocycles. The van der Waals surface area contributed by atoms with Gasteiger partial charge >= 0.3 is 6.03 Å². The van der Waals surface area contributed by atoms with Crippen LogP contribution >= 0.6 is 0 Å². The highest BCUT2D eigenvalue weighted by Gasteiger charge is 2.25. The number of nitrogens with zero attached hydrogens (tertiary/aromatic N) is 4. The van der Waals surface area contributed by atoms with Gasteiger partial charge in [-0.3, -0.25) is 9.88 Å². The number of hydrogen-bond acceptors (Lipinski definition) is 5. The number of carbonyl (C=O) groups excluding carboxylic acids is 1. The number of hydrogen-bond donors (Lipinski definition) is 2. The molecule has 2 N–H and O–H groups in total. The van der Waals surface area contributed by atoms with Crippen molar-refractivity contribution in [2.75, 3.05) is 46.6 Å². The number of halogens is 1. The first-order valence-electron chi connectivity index (χ1n) is 9.79. The van der Waals surface area contributed by atoms with E-state index in [1.807, 2.05) is 12.1 Å². The molecule has 2 aromatic heterocycles. The summed E-state index contributed by atoms with van der Waals surface area (Å²) in [5.74, 6) is 1.64. The third-order valence-corrected chi connectivity index (χ3v) is 5.17. The number of nitrogens with one attached hydrogen (secondary N) is 2. The topological polar surface area (TPSA) is 73.4 Å². The lowest BCUT2D eigenvalue weighted by Crippen LogP contribution is -2.37. The van der Waals surface area contributed by atoms with Crippen molar-refractivity contribution in [2.24, 2.45) is 5.92 Å². The van der Waals surface area contributed by atoms with E-state index in [1.165, 1.54) is 18.7 Å². The summed E-state index contributed by atoms with van der Waals surface area (Å²) in [4.78, 5) is 25.4. The first kappa shape index (κ1) is 18.5. The van der Waals surface area contributed by atoms with Crippen LogP contribution in [0.2, 0.25) is 0 Å². The molecule has 8 heteroatoms. The number of urea groups is 1. The van der Waals surface area contributed by atoms with Crippen molar-refractivity contribution in [3.8, 4) is 0 Å². The fourth-order valence-electron chi connectivity index (χ4n) is 3.79. The molecule has 0 aliphatic carbocycles. The van der Waals surface area contributed by atoms with Crippen molar-refractivity contribution >= 4 is 29.0 Å². The Bertz CT molecular complexity index is 860. The summed E-state index contributed by atoms with van der Waals surface area (Å²) >= 11 is 0. The van der Waals surface area contributed by atoms with Crippen molar-refractivity contribution in [2.45, 2.75) is 26.2 Å². The third kappa shape index (κ3) is 4.00. The van der Waals surface area contributed by atoms with Crippen LogP contribution in [-0.4, -0.2) is 42.2 Å². The van der Waals surface area contributed by atoms with Crippen molar-refractivity contribution in [1.29, 1.82) is 0 Å². The number of amides is 2. The fourth-order valence-corrected chi connectivity index (χ4v) is 3.79. The molecule has 2 amide bonds. The minimum absolute atomic E-state index is 0.324. The van der Waals surface area contributed by atoms with Gasteiger partial charge in [-0.1, -0.05) is 6.92 Å². The van der Waals surface area contributed by atoms with Gasteiger partial charge in [0.25, 0.3) is 0 Å². The molecule has 28 heavy (non-hydrogen) atoms. The molecule has 0 radical (unpaired) electrons. The average Bonchev–Trinajstić information content (AvgIpc) is 2.90. The van der Waals surface area contributed by atoms with E-state index in [9.17, 15) is 9.18 Å². The molecule has 1 atom stereocenters. The Hall–Kier alpha value is -2.90. The van der Waals surface area contributed by atoms with Crippen LogP contribution in [0.15, 0.2) is 30.6 Å². The smallest absolute Gasteiger partial charge is 0.327 e. The summed E-state index contributed by atoms with van der Waals surface area (Å²) in [7, 11) is 0. The molecule has 4 heterocycles. The molecule has 4 rings (SSSR count). The van der Waals surface area contributed by atoms with Gasteiger partial charge in [0.1, 0.15) is 11.6 Å². The van der Waals surface area contributed by atoms with E-state index in [4.69, 9.17) is 4.98 Å². The second-order valence-electron chi connectivity index (χ2n) is 7.49. The molecule has 148 valence electrons. The highest BCUT2D eigenvalue weighted by molar-refractivity contribution is 6.03. The van der Waals surface area contributed by atoms with Crippen LogP contribution in [0.25, 0.3) is 0 Å². The van der Waals surface area contributed by atoms with Gasteiger partial charge in [-0.2, -0.15) is 0 Å². The Kier molecular flexibility index (Phi) is 5.27. The number of anilines is 4. The van der Waals surface area contributed by atoms with Crippen molar-refractivity contribution in [3.05, 3.63) is 36.4 Å². The van der Waals surface area contributed by atoms with Crippen LogP contribution in [0.5, 0.6) is 0 Å². The third-order valence-electron chi connectivity index (χ3n) is 5.17. The number of pyridine rings is 2. The Morgan fingerprint density at radius 3 is 3.00 bits per heavy atom. The Morgan fingerprint density at radius 1 is 1.29 bits per heavy atom. The number of carbonyl (C=O) groups is 1. The van der Waals surface area contributed by atoms with Gasteiger partial charge in [-0.05, 0) is 37.3 Å². The van der Waals surface area contributed by atoms with Gasteiger partial charge in [-0.15, -0.1) is 0 Å². The van der Waals surface area contributed by atoms with E-state index >= 15 is 0 Å². The van der Waals surface area contributed by atoms with Crippen LogP contribution in [0.1, 0.15) is 26.2 Å². The van der Waals surface area contributed by atoms with Crippen LogP contribution in [-0.2, 0) is 0 Å². The predicted molar refractivity (Wildman–Crippen MR) is 109 cm³/mol. The van der Waals surface area contributed by atoms with Crippen molar-refractivity contribution in [3.63, 3.8) is 0 Å². The van der Waals surface area contributed by atoms with Crippen molar-refractivity contribution < 1.29 is 9.18 Å². The molecule has 0 aromatic carbocycles. The SMILES string of the molecule is CC1CCCN(c2ccc3c(n2)N(C(=O)Nc2cncc(F)c2)CCCN3)C1. The van der Waals surface area contributed by atoms with Gasteiger partial charge in [-0.25, -0.2) is 14.2 Å². The lowest BCUT2D eigenvalue weighted by atomic mass is 10.0. The van der Waals surface area contributed by atoms with Crippen LogP contribution in [0.4, 0.5) is 32.2 Å². The van der Waals surface area contributed by atoms with Gasteiger partial charge in [0.15, 0.2) is 5.82 Å². The van der Waals surface area contributed by atoms with E-state index in [0.717, 1.165) is 50.2 Å². The standard InChI is InChI=1S/C20H25FN6O/c1-14-4-2-8-26(13-14)18-6-5-17-19(25-18)27(9-3-7-23-17)20(28)24-16-10-15(21)11-22-12-16/h5-6,10-12,14,23H,2-4,7-9,13H2,1H3,(H,24,28). The zero-order valence-electron chi connectivity index (χ0n) is 16.0. The first-order chi connectivity index (χ1) is 13.6. The summed E-state index contributed by atoms with van der Waals surface area (Å²) in [6, 6.07) is 4.92. The summed E-state index contributed by atoms with van der Waals surface area (Å²) in [5.41, 5.74) is 1.16. The van der Waals surface area contributed by atoms with Crippen molar-refractivity contribution in [1.82, 2.24) is 9.97 Å². The molecular weight excluding hydrogens is 359 g/mol. The van der Waals surface area contributed by atoms with E-state index in [-0.39, 0.29) is 6.03 Å². The van der Waals surface area contributed by atoms with Gasteiger partial charge in [0.2, 0.25) is 0 Å². The summed E-state index contributed by atoms with van der Waals surface area (Å²) < 4.78 is 13.4. The molecule has 2 aromatic rings. The monoisotopic (exact) mass is 384 g/mol. The molecule has 1 fully saturated rings.